The Hall–Kier alpha value is -3.01. The van der Waals surface area contributed by atoms with E-state index in [9.17, 15) is 4.79 Å². The number of fused-ring (bicyclic) bond motifs is 1. The number of hydrogen-bond donors (Lipinski definition) is 0. The lowest BCUT2D eigenvalue weighted by Crippen LogP contribution is -2.46. The molecule has 0 bridgehead atoms. The van der Waals surface area contributed by atoms with Crippen molar-refractivity contribution >= 4 is 5.97 Å². The molecule has 0 saturated carbocycles. The van der Waals surface area contributed by atoms with Crippen LogP contribution in [0.4, 0.5) is 0 Å². The van der Waals surface area contributed by atoms with Crippen molar-refractivity contribution in [3.8, 4) is 23.0 Å². The zero-order valence-corrected chi connectivity index (χ0v) is 23.0. The molecule has 0 spiro atoms. The fourth-order valence-corrected chi connectivity index (χ4v) is 5.08. The highest BCUT2D eigenvalue weighted by atomic mass is 16.7. The van der Waals surface area contributed by atoms with Gasteiger partial charge >= 0.3 is 5.97 Å². The summed E-state index contributed by atoms with van der Waals surface area (Å²) < 4.78 is 40.6. The summed E-state index contributed by atoms with van der Waals surface area (Å²) in [5, 5.41) is 0. The molecule has 3 atom stereocenters. The van der Waals surface area contributed by atoms with Crippen LogP contribution in [-0.2, 0) is 19.0 Å². The van der Waals surface area contributed by atoms with Crippen LogP contribution in [0.5, 0.6) is 23.0 Å². The van der Waals surface area contributed by atoms with Crippen molar-refractivity contribution in [2.24, 2.45) is 0 Å². The number of nitrogens with zero attached hydrogens (tertiary/aromatic N) is 1. The predicted octanol–water partition coefficient (Wildman–Crippen LogP) is 4.84. The number of esters is 1. The summed E-state index contributed by atoms with van der Waals surface area (Å²) in [5.74, 6) is 1.79. The second-order valence-corrected chi connectivity index (χ2v) is 8.61. The van der Waals surface area contributed by atoms with E-state index in [0.717, 1.165) is 16.7 Å². The highest BCUT2D eigenvalue weighted by Gasteiger charge is 2.46. The van der Waals surface area contributed by atoms with E-state index >= 15 is 0 Å². The third kappa shape index (κ3) is 5.95. The number of hydrogen-bond acceptors (Lipinski definition) is 9. The molecule has 0 unspecified atom stereocenters. The number of carbonyl (C=O) groups is 1. The second kappa shape index (κ2) is 13.0. The minimum absolute atomic E-state index is 0.198. The van der Waals surface area contributed by atoms with Gasteiger partial charge in [0.25, 0.3) is 0 Å². The molecule has 0 saturated heterocycles. The molecule has 3 rings (SSSR count). The van der Waals surface area contributed by atoms with Crippen LogP contribution in [0.1, 0.15) is 62.6 Å². The van der Waals surface area contributed by atoms with Crippen molar-refractivity contribution in [3.63, 3.8) is 0 Å². The smallest absolute Gasteiger partial charge is 0.303 e. The minimum atomic E-state index is -0.687. The lowest BCUT2D eigenvalue weighted by atomic mass is 9.82. The minimum Gasteiger partial charge on any atom is -0.497 e. The van der Waals surface area contributed by atoms with E-state index in [1.807, 2.05) is 44.2 Å². The van der Waals surface area contributed by atoms with Crippen molar-refractivity contribution < 1.29 is 38.0 Å². The van der Waals surface area contributed by atoms with Crippen LogP contribution in [0.15, 0.2) is 30.3 Å². The fourth-order valence-electron chi connectivity index (χ4n) is 5.08. The molecule has 0 N–H and O–H groups in total. The molecule has 2 aromatic carbocycles. The standard InChI is InChI=1S/C28H39NO8/c1-9-35-23(36-10-2)16-29-17(3)24-21(15-22(32-6)27(33-7)28(24)34-8)26(37-18(4)30)25(29)19-12-11-13-20(14-19)31-5/h11-15,17,23,25-26H,9-10,16H2,1-8H3/t17-,25+,26-/m1/s1. The van der Waals surface area contributed by atoms with E-state index in [2.05, 4.69) is 11.8 Å². The van der Waals surface area contributed by atoms with Crippen molar-refractivity contribution in [2.75, 3.05) is 48.2 Å². The van der Waals surface area contributed by atoms with Gasteiger partial charge in [-0.1, -0.05) is 12.1 Å². The SMILES string of the molecule is CCOC(CN1[C@H](C)c2c(cc(OC)c(OC)c2OC)[C@@H](OC(C)=O)[C@@H]1c1cccc(OC)c1)OCC. The normalized spacial score (nSPS) is 19.3. The topological polar surface area (TPSA) is 84.9 Å². The van der Waals surface area contributed by atoms with Gasteiger partial charge in [0.1, 0.15) is 11.9 Å². The van der Waals surface area contributed by atoms with Gasteiger partial charge in [-0.05, 0) is 44.5 Å². The molecule has 1 aliphatic heterocycles. The largest absolute Gasteiger partial charge is 0.497 e. The maximum atomic E-state index is 12.5. The molecular formula is C28H39NO8. The Morgan fingerprint density at radius 1 is 0.946 bits per heavy atom. The summed E-state index contributed by atoms with van der Waals surface area (Å²) in [6.45, 7) is 8.76. The average Bonchev–Trinajstić information content (AvgIpc) is 2.89. The molecule has 0 fully saturated rings. The summed E-state index contributed by atoms with van der Waals surface area (Å²) in [6.07, 6.45) is -1.18. The highest BCUT2D eigenvalue weighted by Crippen LogP contribution is 2.55. The number of carbonyl (C=O) groups excluding carboxylic acids is 1. The molecule has 0 aliphatic carbocycles. The monoisotopic (exact) mass is 517 g/mol. The molecule has 37 heavy (non-hydrogen) atoms. The summed E-state index contributed by atoms with van der Waals surface area (Å²) in [7, 11) is 6.35. The molecule has 9 nitrogen and oxygen atoms in total. The molecular weight excluding hydrogens is 478 g/mol. The first-order valence-electron chi connectivity index (χ1n) is 12.5. The lowest BCUT2D eigenvalue weighted by Gasteiger charge is -2.47. The third-order valence-electron chi connectivity index (χ3n) is 6.56. The number of benzene rings is 2. The van der Waals surface area contributed by atoms with Gasteiger partial charge in [0.05, 0.1) is 41.0 Å². The average molecular weight is 518 g/mol. The Morgan fingerprint density at radius 2 is 1.62 bits per heavy atom. The van der Waals surface area contributed by atoms with Crippen LogP contribution >= 0.6 is 0 Å². The Kier molecular flexibility index (Phi) is 10.0. The van der Waals surface area contributed by atoms with Gasteiger partial charge in [0.15, 0.2) is 17.8 Å². The second-order valence-electron chi connectivity index (χ2n) is 8.61. The molecule has 9 heteroatoms. The summed E-state index contributed by atoms with van der Waals surface area (Å²) in [6, 6.07) is 9.06. The molecule has 0 radical (unpaired) electrons. The van der Waals surface area contributed by atoms with E-state index < -0.39 is 18.4 Å². The zero-order chi connectivity index (χ0) is 27.1. The van der Waals surface area contributed by atoms with Crippen LogP contribution in [-0.4, -0.2) is 65.4 Å². The van der Waals surface area contributed by atoms with Crippen molar-refractivity contribution in [1.29, 1.82) is 0 Å². The third-order valence-corrected chi connectivity index (χ3v) is 6.56. The molecule has 204 valence electrons. The van der Waals surface area contributed by atoms with Crippen LogP contribution in [0.2, 0.25) is 0 Å². The van der Waals surface area contributed by atoms with Crippen LogP contribution in [0, 0.1) is 0 Å². The first-order chi connectivity index (χ1) is 17.8. The number of ether oxygens (including phenoxy) is 7. The van der Waals surface area contributed by atoms with Gasteiger partial charge in [0.2, 0.25) is 5.75 Å². The van der Waals surface area contributed by atoms with Crippen LogP contribution in [0.25, 0.3) is 0 Å². The molecule has 0 aromatic heterocycles. The van der Waals surface area contributed by atoms with Gasteiger partial charge in [-0.15, -0.1) is 0 Å². The number of methoxy groups -OCH3 is 4. The summed E-state index contributed by atoms with van der Waals surface area (Å²) in [5.41, 5.74) is 2.55. The molecule has 1 aliphatic rings. The van der Waals surface area contributed by atoms with Gasteiger partial charge in [-0.3, -0.25) is 9.69 Å². The Balaban J connectivity index is 2.32. The van der Waals surface area contributed by atoms with Crippen LogP contribution < -0.4 is 18.9 Å². The fraction of sp³-hybridized carbons (Fsp3) is 0.536. The quantitative estimate of drug-likeness (QED) is 0.290. The predicted molar refractivity (Wildman–Crippen MR) is 139 cm³/mol. The molecule has 1 heterocycles. The maximum absolute atomic E-state index is 12.5. The number of rotatable bonds is 12. The van der Waals surface area contributed by atoms with Crippen molar-refractivity contribution in [3.05, 3.63) is 47.0 Å². The van der Waals surface area contributed by atoms with E-state index in [1.165, 1.54) is 6.92 Å². The van der Waals surface area contributed by atoms with E-state index in [0.29, 0.717) is 42.8 Å². The molecule has 0 amide bonds. The van der Waals surface area contributed by atoms with E-state index in [4.69, 9.17) is 33.2 Å². The first kappa shape index (κ1) is 28.6. The van der Waals surface area contributed by atoms with E-state index in [-0.39, 0.29) is 12.1 Å². The van der Waals surface area contributed by atoms with Gasteiger partial charge in [-0.25, -0.2) is 0 Å². The van der Waals surface area contributed by atoms with Gasteiger partial charge < -0.3 is 33.2 Å². The van der Waals surface area contributed by atoms with Gasteiger partial charge in [0, 0.05) is 37.3 Å². The summed E-state index contributed by atoms with van der Waals surface area (Å²) >= 11 is 0. The van der Waals surface area contributed by atoms with Crippen molar-refractivity contribution in [2.45, 2.75) is 52.2 Å². The lowest BCUT2D eigenvalue weighted by molar-refractivity contribution is -0.170. The maximum Gasteiger partial charge on any atom is 0.303 e. The Morgan fingerprint density at radius 3 is 2.16 bits per heavy atom. The summed E-state index contributed by atoms with van der Waals surface area (Å²) in [4.78, 5) is 14.7. The zero-order valence-electron chi connectivity index (χ0n) is 23.0. The Labute approximate surface area is 219 Å². The molecule has 2 aromatic rings. The van der Waals surface area contributed by atoms with Crippen LogP contribution in [0.3, 0.4) is 0 Å². The Bertz CT molecular complexity index is 1050. The van der Waals surface area contributed by atoms with E-state index in [1.54, 1.807) is 28.4 Å². The van der Waals surface area contributed by atoms with Gasteiger partial charge in [-0.2, -0.15) is 0 Å². The van der Waals surface area contributed by atoms with Crippen molar-refractivity contribution in [1.82, 2.24) is 4.90 Å². The first-order valence-corrected chi connectivity index (χ1v) is 12.5. The highest BCUT2D eigenvalue weighted by molar-refractivity contribution is 5.68.